The van der Waals surface area contributed by atoms with Crippen LogP contribution in [0.15, 0.2) is 16.8 Å². The van der Waals surface area contributed by atoms with Crippen molar-refractivity contribution in [1.29, 1.82) is 0 Å². The molecular formula is C13H21ClN2O2S. The van der Waals surface area contributed by atoms with Crippen LogP contribution in [0.1, 0.15) is 18.4 Å². The van der Waals surface area contributed by atoms with Crippen molar-refractivity contribution in [1.82, 2.24) is 4.90 Å². The number of halogens is 1. The van der Waals surface area contributed by atoms with E-state index in [1.54, 1.807) is 18.4 Å². The predicted molar refractivity (Wildman–Crippen MR) is 79.9 cm³/mol. The largest absolute Gasteiger partial charge is 0.381 e. The second-order valence-corrected chi connectivity index (χ2v) is 5.45. The molecule has 1 aliphatic heterocycles. The molecule has 1 amide bonds. The van der Waals surface area contributed by atoms with Crippen molar-refractivity contribution in [3.8, 4) is 0 Å². The van der Waals surface area contributed by atoms with Gasteiger partial charge in [-0.25, -0.2) is 0 Å². The molecule has 4 nitrogen and oxygen atoms in total. The second-order valence-electron chi connectivity index (χ2n) is 4.67. The molecule has 0 aromatic carbocycles. The lowest BCUT2D eigenvalue weighted by molar-refractivity contribution is -0.136. The maximum atomic E-state index is 12.3. The molecule has 2 unspecified atom stereocenters. The van der Waals surface area contributed by atoms with Crippen molar-refractivity contribution in [2.45, 2.75) is 31.4 Å². The SMILES string of the molecule is COC1CCN(C(=O)Cc2ccsc2)C(CN)C1.Cl. The average Bonchev–Trinajstić information content (AvgIpc) is 2.90. The Balaban J connectivity index is 0.00000180. The standard InChI is InChI=1S/C13H20N2O2S.ClH/c1-17-12-2-4-15(11(7-12)8-14)13(16)6-10-3-5-18-9-10;/h3,5,9,11-12H,2,4,6-8,14H2,1H3;1H. The summed E-state index contributed by atoms with van der Waals surface area (Å²) < 4.78 is 5.37. The van der Waals surface area contributed by atoms with Crippen molar-refractivity contribution in [2.75, 3.05) is 20.2 Å². The van der Waals surface area contributed by atoms with Crippen molar-refractivity contribution in [2.24, 2.45) is 5.73 Å². The van der Waals surface area contributed by atoms with Gasteiger partial charge < -0.3 is 15.4 Å². The summed E-state index contributed by atoms with van der Waals surface area (Å²) in [5, 5.41) is 4.03. The van der Waals surface area contributed by atoms with Crippen LogP contribution in [0.4, 0.5) is 0 Å². The average molecular weight is 305 g/mol. The highest BCUT2D eigenvalue weighted by Crippen LogP contribution is 2.20. The third kappa shape index (κ3) is 4.18. The van der Waals surface area contributed by atoms with Crippen LogP contribution in [0.3, 0.4) is 0 Å². The molecule has 2 atom stereocenters. The summed E-state index contributed by atoms with van der Waals surface area (Å²) in [4.78, 5) is 14.2. The van der Waals surface area contributed by atoms with E-state index in [0.717, 1.165) is 24.9 Å². The molecule has 1 fully saturated rings. The Morgan fingerprint density at radius 1 is 1.63 bits per heavy atom. The molecule has 0 bridgehead atoms. The van der Waals surface area contributed by atoms with Gasteiger partial charge in [-0.15, -0.1) is 12.4 Å². The van der Waals surface area contributed by atoms with Crippen LogP contribution in [0.5, 0.6) is 0 Å². The molecule has 2 rings (SSSR count). The van der Waals surface area contributed by atoms with E-state index in [1.807, 2.05) is 21.7 Å². The van der Waals surface area contributed by atoms with E-state index in [4.69, 9.17) is 10.5 Å². The molecular weight excluding hydrogens is 284 g/mol. The summed E-state index contributed by atoms with van der Waals surface area (Å²) in [6.45, 7) is 1.26. The van der Waals surface area contributed by atoms with Crippen LogP contribution in [-0.2, 0) is 16.0 Å². The minimum absolute atomic E-state index is 0. The van der Waals surface area contributed by atoms with E-state index in [1.165, 1.54) is 0 Å². The van der Waals surface area contributed by atoms with Gasteiger partial charge in [0.05, 0.1) is 12.5 Å². The number of ether oxygens (including phenoxy) is 1. The molecule has 6 heteroatoms. The number of likely N-dealkylation sites (tertiary alicyclic amines) is 1. The minimum Gasteiger partial charge on any atom is -0.381 e. The Hall–Kier alpha value is -0.620. The first-order valence-corrected chi connectivity index (χ1v) is 7.22. The topological polar surface area (TPSA) is 55.6 Å². The maximum Gasteiger partial charge on any atom is 0.227 e. The zero-order valence-electron chi connectivity index (χ0n) is 11.1. The van der Waals surface area contributed by atoms with E-state index < -0.39 is 0 Å². The first-order chi connectivity index (χ1) is 8.74. The molecule has 1 aromatic heterocycles. The number of rotatable bonds is 4. The van der Waals surface area contributed by atoms with Crippen molar-refractivity contribution in [3.05, 3.63) is 22.4 Å². The third-order valence-corrected chi connectivity index (χ3v) is 4.26. The number of amides is 1. The number of thiophene rings is 1. The fourth-order valence-electron chi connectivity index (χ4n) is 2.45. The van der Waals surface area contributed by atoms with Gasteiger partial charge in [0.2, 0.25) is 5.91 Å². The molecule has 108 valence electrons. The van der Waals surface area contributed by atoms with E-state index in [9.17, 15) is 4.79 Å². The molecule has 2 N–H and O–H groups in total. The number of methoxy groups -OCH3 is 1. The third-order valence-electron chi connectivity index (χ3n) is 3.53. The minimum atomic E-state index is 0. The normalized spacial score (nSPS) is 22.9. The molecule has 19 heavy (non-hydrogen) atoms. The van der Waals surface area contributed by atoms with Crippen molar-refractivity contribution >= 4 is 29.7 Å². The summed E-state index contributed by atoms with van der Waals surface area (Å²) in [6.07, 6.45) is 2.48. The van der Waals surface area contributed by atoms with Gasteiger partial charge >= 0.3 is 0 Å². The highest BCUT2D eigenvalue weighted by Gasteiger charge is 2.30. The highest BCUT2D eigenvalue weighted by atomic mass is 35.5. The van der Waals surface area contributed by atoms with Gasteiger partial charge in [0.1, 0.15) is 0 Å². The summed E-state index contributed by atoms with van der Waals surface area (Å²) >= 11 is 1.62. The first-order valence-electron chi connectivity index (χ1n) is 6.28. The maximum absolute atomic E-state index is 12.3. The molecule has 2 heterocycles. The Kier molecular flexibility index (Phi) is 6.79. The Labute approximate surface area is 124 Å². The van der Waals surface area contributed by atoms with E-state index >= 15 is 0 Å². The van der Waals surface area contributed by atoms with Gasteiger partial charge in [-0.05, 0) is 35.2 Å². The number of nitrogens with two attached hydrogens (primary N) is 1. The first kappa shape index (κ1) is 16.4. The lowest BCUT2D eigenvalue weighted by Gasteiger charge is -2.38. The highest BCUT2D eigenvalue weighted by molar-refractivity contribution is 7.07. The van der Waals surface area contributed by atoms with Gasteiger partial charge in [0.25, 0.3) is 0 Å². The molecule has 0 aliphatic carbocycles. The van der Waals surface area contributed by atoms with Gasteiger partial charge in [-0.1, -0.05) is 0 Å². The molecule has 0 spiro atoms. The number of hydrogen-bond donors (Lipinski definition) is 1. The van der Waals surface area contributed by atoms with Crippen LogP contribution in [0.25, 0.3) is 0 Å². The van der Waals surface area contributed by atoms with E-state index in [-0.39, 0.29) is 30.5 Å². The Morgan fingerprint density at radius 3 is 3.00 bits per heavy atom. The summed E-state index contributed by atoms with van der Waals surface area (Å²) in [6, 6.07) is 2.12. The second kappa shape index (κ2) is 7.85. The van der Waals surface area contributed by atoms with Crippen LogP contribution < -0.4 is 5.73 Å². The Bertz CT molecular complexity index is 386. The number of carbonyl (C=O) groups is 1. The monoisotopic (exact) mass is 304 g/mol. The number of carbonyl (C=O) groups excluding carboxylic acids is 1. The van der Waals surface area contributed by atoms with Crippen molar-refractivity contribution < 1.29 is 9.53 Å². The quantitative estimate of drug-likeness (QED) is 0.921. The van der Waals surface area contributed by atoms with Gasteiger partial charge in [0, 0.05) is 26.2 Å². The molecule has 0 saturated carbocycles. The van der Waals surface area contributed by atoms with Gasteiger partial charge in [0.15, 0.2) is 0 Å². The lowest BCUT2D eigenvalue weighted by Crippen LogP contribution is -2.51. The molecule has 0 radical (unpaired) electrons. The van der Waals surface area contributed by atoms with E-state index in [2.05, 4.69) is 0 Å². The fourth-order valence-corrected chi connectivity index (χ4v) is 3.12. The lowest BCUT2D eigenvalue weighted by atomic mass is 9.98. The number of piperidine rings is 1. The molecule has 1 aliphatic rings. The zero-order valence-corrected chi connectivity index (χ0v) is 12.7. The fraction of sp³-hybridized carbons (Fsp3) is 0.615. The summed E-state index contributed by atoms with van der Waals surface area (Å²) in [5.41, 5.74) is 6.87. The van der Waals surface area contributed by atoms with E-state index in [0.29, 0.717) is 13.0 Å². The van der Waals surface area contributed by atoms with Crippen LogP contribution in [0.2, 0.25) is 0 Å². The molecule has 1 saturated heterocycles. The van der Waals surface area contributed by atoms with Gasteiger partial charge in [-0.3, -0.25) is 4.79 Å². The smallest absolute Gasteiger partial charge is 0.227 e. The van der Waals surface area contributed by atoms with Crippen LogP contribution in [-0.4, -0.2) is 43.2 Å². The zero-order chi connectivity index (χ0) is 13.0. The Morgan fingerprint density at radius 2 is 2.42 bits per heavy atom. The number of hydrogen-bond acceptors (Lipinski definition) is 4. The van der Waals surface area contributed by atoms with Crippen molar-refractivity contribution in [3.63, 3.8) is 0 Å². The summed E-state index contributed by atoms with van der Waals surface area (Å²) in [5.74, 6) is 0.179. The summed E-state index contributed by atoms with van der Waals surface area (Å²) in [7, 11) is 1.72. The predicted octanol–water partition coefficient (Wildman–Crippen LogP) is 1.68. The van der Waals surface area contributed by atoms with Gasteiger partial charge in [-0.2, -0.15) is 11.3 Å². The molecule has 1 aromatic rings. The van der Waals surface area contributed by atoms with Crippen LogP contribution >= 0.6 is 23.7 Å². The van der Waals surface area contributed by atoms with Crippen LogP contribution in [0, 0.1) is 0 Å². The number of nitrogens with zero attached hydrogens (tertiary/aromatic N) is 1.